The van der Waals surface area contributed by atoms with Crippen molar-refractivity contribution in [3.8, 4) is 11.1 Å². The maximum Gasteiger partial charge on any atom is 0.419 e. The number of carbonyl (C=O) groups excluding carboxylic acids is 3. The molecule has 3 amide bonds. The van der Waals surface area contributed by atoms with Gasteiger partial charge >= 0.3 is 6.18 Å². The molecule has 0 aliphatic rings. The normalized spacial score (nSPS) is 11.0. The average Bonchev–Trinajstić information content (AvgIpc) is 2.88. The molecule has 7 N–H and O–H groups in total. The van der Waals surface area contributed by atoms with Gasteiger partial charge in [0.15, 0.2) is 5.96 Å². The van der Waals surface area contributed by atoms with Gasteiger partial charge in [-0.3, -0.25) is 19.8 Å². The number of guanidine groups is 1. The molecule has 0 saturated heterocycles. The van der Waals surface area contributed by atoms with Crippen molar-refractivity contribution < 1.29 is 31.9 Å². The number of rotatable bonds is 9. The summed E-state index contributed by atoms with van der Waals surface area (Å²) in [6.07, 6.45) is -4.91. The fourth-order valence-electron chi connectivity index (χ4n) is 3.56. The molecule has 0 radical (unpaired) electrons. The molecule has 3 aromatic carbocycles. The lowest BCUT2D eigenvalue weighted by molar-refractivity contribution is -0.140. The van der Waals surface area contributed by atoms with Crippen molar-refractivity contribution in [2.75, 3.05) is 25.0 Å². The van der Waals surface area contributed by atoms with Crippen LogP contribution in [0.3, 0.4) is 0 Å². The van der Waals surface area contributed by atoms with E-state index in [9.17, 15) is 31.9 Å². The van der Waals surface area contributed by atoms with Gasteiger partial charge in [0, 0.05) is 24.3 Å². The number of halogens is 6. The molecule has 3 rings (SSSR count). The van der Waals surface area contributed by atoms with E-state index in [0.717, 1.165) is 6.07 Å². The Morgan fingerprint density at radius 3 is 2.15 bits per heavy atom. The van der Waals surface area contributed by atoms with E-state index in [4.69, 9.17) is 34.3 Å². The third kappa shape index (κ3) is 8.56. The fourth-order valence-corrected chi connectivity index (χ4v) is 4.22. The second-order valence-electron chi connectivity index (χ2n) is 8.42. The summed E-state index contributed by atoms with van der Waals surface area (Å²) in [7, 11) is 0. The van der Waals surface area contributed by atoms with E-state index in [1.165, 1.54) is 24.3 Å². The number of hydrogen-bond donors (Lipinski definition) is 6. The number of carbonyl (C=O) groups is 3. The van der Waals surface area contributed by atoms with Crippen LogP contribution in [-0.2, 0) is 11.0 Å². The van der Waals surface area contributed by atoms with Crippen LogP contribution in [0.1, 0.15) is 26.3 Å². The first-order valence-electron chi connectivity index (χ1n) is 11.7. The smallest absolute Gasteiger partial charge is 0.370 e. The molecule has 0 fully saturated rings. The van der Waals surface area contributed by atoms with Gasteiger partial charge in [-0.25, -0.2) is 4.39 Å². The number of nitrogens with two attached hydrogens (primary N) is 1. The van der Waals surface area contributed by atoms with Crippen molar-refractivity contribution in [1.82, 2.24) is 16.0 Å². The van der Waals surface area contributed by atoms with Crippen LogP contribution in [0, 0.1) is 11.2 Å². The molecular formula is C26H22Cl2F4N6O3. The molecule has 0 aliphatic carbocycles. The Morgan fingerprint density at radius 1 is 0.854 bits per heavy atom. The molecule has 41 heavy (non-hydrogen) atoms. The summed E-state index contributed by atoms with van der Waals surface area (Å²) in [5, 5.41) is 16.9. The predicted molar refractivity (Wildman–Crippen MR) is 147 cm³/mol. The molecule has 0 saturated carbocycles. The maximum absolute atomic E-state index is 13.6. The van der Waals surface area contributed by atoms with Gasteiger partial charge in [0.05, 0.1) is 27.7 Å². The van der Waals surface area contributed by atoms with Crippen molar-refractivity contribution in [3.05, 3.63) is 87.2 Å². The summed E-state index contributed by atoms with van der Waals surface area (Å²) in [5.74, 6) is -3.52. The first kappa shape index (κ1) is 31.2. The molecule has 216 valence electrons. The van der Waals surface area contributed by atoms with E-state index in [-0.39, 0.29) is 57.9 Å². The predicted octanol–water partition coefficient (Wildman–Crippen LogP) is 4.40. The molecule has 0 atom stereocenters. The molecule has 0 aliphatic heterocycles. The van der Waals surface area contributed by atoms with E-state index in [0.29, 0.717) is 17.8 Å². The van der Waals surface area contributed by atoms with Crippen molar-refractivity contribution >= 4 is 52.6 Å². The molecule has 3 aromatic rings. The molecule has 9 nitrogen and oxygen atoms in total. The monoisotopic (exact) mass is 612 g/mol. The molecule has 0 bridgehead atoms. The van der Waals surface area contributed by atoms with E-state index in [1.807, 2.05) is 0 Å². The minimum atomic E-state index is -4.91. The largest absolute Gasteiger partial charge is 0.419 e. The highest BCUT2D eigenvalue weighted by atomic mass is 35.5. The Hall–Kier alpha value is -4.36. The summed E-state index contributed by atoms with van der Waals surface area (Å²) in [4.78, 5) is 36.9. The number of nitrogens with one attached hydrogen (secondary N) is 5. The van der Waals surface area contributed by atoms with Crippen molar-refractivity contribution in [2.45, 2.75) is 6.18 Å². The van der Waals surface area contributed by atoms with Gasteiger partial charge in [0.2, 0.25) is 5.91 Å². The summed E-state index contributed by atoms with van der Waals surface area (Å²) in [6.45, 7) is -0.407. The van der Waals surface area contributed by atoms with Crippen LogP contribution in [0.4, 0.5) is 23.2 Å². The van der Waals surface area contributed by atoms with Crippen LogP contribution in [-0.4, -0.2) is 43.3 Å². The molecule has 0 spiro atoms. The highest BCUT2D eigenvalue weighted by molar-refractivity contribution is 6.40. The fraction of sp³-hybridized carbons (Fsp3) is 0.154. The summed E-state index contributed by atoms with van der Waals surface area (Å²) in [6, 6.07) is 11.0. The first-order chi connectivity index (χ1) is 19.3. The van der Waals surface area contributed by atoms with Gasteiger partial charge in [-0.2, -0.15) is 13.2 Å². The van der Waals surface area contributed by atoms with Gasteiger partial charge in [-0.1, -0.05) is 35.3 Å². The minimum absolute atomic E-state index is 0.00952. The van der Waals surface area contributed by atoms with Gasteiger partial charge in [-0.05, 0) is 53.6 Å². The Kier molecular flexibility index (Phi) is 10.1. The molecule has 0 unspecified atom stereocenters. The molecule has 0 heterocycles. The van der Waals surface area contributed by atoms with Crippen LogP contribution < -0.4 is 27.0 Å². The molecule has 15 heteroatoms. The molecule has 0 aromatic heterocycles. The zero-order valence-corrected chi connectivity index (χ0v) is 22.4. The number of hydrogen-bond acceptors (Lipinski definition) is 4. The van der Waals surface area contributed by atoms with Gasteiger partial charge < -0.3 is 27.0 Å². The SMILES string of the molecule is N=C(N)Nc1cccc(C(=O)NCC(=O)NCCNC(=O)c2c(Cl)cc(-c3ccc(F)c(C(F)(F)F)c3)cc2Cl)c1. The average molecular weight is 613 g/mol. The molecular weight excluding hydrogens is 591 g/mol. The van der Waals surface area contributed by atoms with Gasteiger partial charge in [0.25, 0.3) is 11.8 Å². The first-order valence-corrected chi connectivity index (χ1v) is 12.4. The second-order valence-corrected chi connectivity index (χ2v) is 9.23. The van der Waals surface area contributed by atoms with Crippen LogP contribution in [0.2, 0.25) is 10.0 Å². The van der Waals surface area contributed by atoms with Crippen LogP contribution in [0.25, 0.3) is 11.1 Å². The summed E-state index contributed by atoms with van der Waals surface area (Å²) >= 11 is 12.4. The Balaban J connectivity index is 1.52. The Labute approximate surface area is 240 Å². The number of anilines is 1. The van der Waals surface area contributed by atoms with Crippen LogP contribution in [0.5, 0.6) is 0 Å². The lowest BCUT2D eigenvalue weighted by Gasteiger charge is -2.13. The minimum Gasteiger partial charge on any atom is -0.370 e. The second kappa shape index (κ2) is 13.3. The van der Waals surface area contributed by atoms with E-state index in [2.05, 4.69) is 21.3 Å². The Bertz CT molecular complexity index is 1480. The van der Waals surface area contributed by atoms with Crippen LogP contribution in [0.15, 0.2) is 54.6 Å². The van der Waals surface area contributed by atoms with E-state index in [1.54, 1.807) is 12.1 Å². The van der Waals surface area contributed by atoms with Crippen molar-refractivity contribution in [2.24, 2.45) is 5.73 Å². The topological polar surface area (TPSA) is 149 Å². The van der Waals surface area contributed by atoms with Crippen molar-refractivity contribution in [3.63, 3.8) is 0 Å². The van der Waals surface area contributed by atoms with Crippen molar-refractivity contribution in [1.29, 1.82) is 5.41 Å². The van der Waals surface area contributed by atoms with Gasteiger partial charge in [0.1, 0.15) is 5.82 Å². The van der Waals surface area contributed by atoms with E-state index >= 15 is 0 Å². The summed E-state index contributed by atoms with van der Waals surface area (Å²) < 4.78 is 52.8. The number of alkyl halides is 3. The zero-order valence-electron chi connectivity index (χ0n) is 20.9. The lowest BCUT2D eigenvalue weighted by Crippen LogP contribution is -2.40. The highest BCUT2D eigenvalue weighted by Gasteiger charge is 2.34. The lowest BCUT2D eigenvalue weighted by atomic mass is 10.0. The third-order valence-corrected chi connectivity index (χ3v) is 6.02. The highest BCUT2D eigenvalue weighted by Crippen LogP contribution is 2.36. The van der Waals surface area contributed by atoms with Crippen LogP contribution >= 0.6 is 23.2 Å². The van der Waals surface area contributed by atoms with Gasteiger partial charge in [-0.15, -0.1) is 0 Å². The number of benzene rings is 3. The third-order valence-electron chi connectivity index (χ3n) is 5.42. The summed E-state index contributed by atoms with van der Waals surface area (Å²) in [5.41, 5.74) is 4.44. The number of amides is 3. The van der Waals surface area contributed by atoms with E-state index < -0.39 is 35.3 Å². The zero-order chi connectivity index (χ0) is 30.3. The maximum atomic E-state index is 13.6. The Morgan fingerprint density at radius 2 is 1.51 bits per heavy atom. The quantitative estimate of drug-likeness (QED) is 0.0916. The standard InChI is InChI=1S/C26H22Cl2F4N6O3/c27-18-10-15(13-4-5-20(29)17(9-13)26(30,31)32)11-19(28)22(18)24(41)36-7-6-35-21(39)12-37-23(40)14-2-1-3-16(8-14)38-25(33)34/h1-5,8-11H,6-7,12H2,(H,35,39)(H,36,41)(H,37,40)(H4,33,34,38).